The maximum atomic E-state index is 13.5. The van der Waals surface area contributed by atoms with Gasteiger partial charge in [-0.15, -0.1) is 0 Å². The summed E-state index contributed by atoms with van der Waals surface area (Å²) in [4.78, 5) is 0. The van der Waals surface area contributed by atoms with Gasteiger partial charge in [0.2, 0.25) is 0 Å². The monoisotopic (exact) mass is 207 g/mol. The Morgan fingerprint density at radius 2 is 2.13 bits per heavy atom. The van der Waals surface area contributed by atoms with Gasteiger partial charge in [0, 0.05) is 11.6 Å². The van der Waals surface area contributed by atoms with E-state index < -0.39 is 5.82 Å². The van der Waals surface area contributed by atoms with Crippen LogP contribution in [0.15, 0.2) is 18.2 Å². The molecule has 0 spiro atoms. The molecule has 4 N–H and O–H groups in total. The zero-order chi connectivity index (χ0) is 11.0. The van der Waals surface area contributed by atoms with Crippen molar-refractivity contribution in [1.29, 1.82) is 0 Å². The van der Waals surface area contributed by atoms with Crippen molar-refractivity contribution in [3.63, 3.8) is 0 Å². The van der Waals surface area contributed by atoms with E-state index in [0.29, 0.717) is 11.3 Å². The van der Waals surface area contributed by atoms with E-state index in [2.05, 4.69) is 10.2 Å². The molecule has 2 aromatic rings. The first kappa shape index (κ1) is 9.51. The largest absolute Gasteiger partial charge is 0.508 e. The van der Waals surface area contributed by atoms with E-state index in [9.17, 15) is 9.50 Å². The molecular weight excluding hydrogens is 197 g/mol. The Hall–Kier alpha value is -2.04. The van der Waals surface area contributed by atoms with Crippen LogP contribution in [0.5, 0.6) is 5.75 Å². The Morgan fingerprint density at radius 3 is 2.73 bits per heavy atom. The molecule has 0 aliphatic heterocycles. The molecule has 4 nitrogen and oxygen atoms in total. The van der Waals surface area contributed by atoms with E-state index in [4.69, 9.17) is 5.73 Å². The second kappa shape index (κ2) is 3.27. The van der Waals surface area contributed by atoms with Crippen LogP contribution in [0.1, 0.15) is 5.56 Å². The minimum Gasteiger partial charge on any atom is -0.508 e. The lowest BCUT2D eigenvalue weighted by Crippen LogP contribution is -1.87. The van der Waals surface area contributed by atoms with E-state index in [-0.39, 0.29) is 17.1 Å². The number of aryl methyl sites for hydroxylation is 1. The van der Waals surface area contributed by atoms with Crippen molar-refractivity contribution >= 4 is 5.82 Å². The number of hydrogen-bond acceptors (Lipinski definition) is 3. The Bertz CT molecular complexity index is 507. The van der Waals surface area contributed by atoms with Crippen LogP contribution in [0.2, 0.25) is 0 Å². The number of benzene rings is 1. The number of nitrogen functional groups attached to an aromatic ring is 1. The number of aromatic amines is 1. The Balaban J connectivity index is 2.58. The molecule has 78 valence electrons. The van der Waals surface area contributed by atoms with Crippen molar-refractivity contribution in [3.8, 4) is 17.0 Å². The molecule has 0 atom stereocenters. The lowest BCUT2D eigenvalue weighted by molar-refractivity contribution is 0.469. The Kier molecular flexibility index (Phi) is 2.07. The fourth-order valence-electron chi connectivity index (χ4n) is 1.34. The summed E-state index contributed by atoms with van der Waals surface area (Å²) in [5.74, 6) is -0.0991. The zero-order valence-electron chi connectivity index (χ0n) is 8.08. The second-order valence-corrected chi connectivity index (χ2v) is 3.33. The molecule has 0 saturated carbocycles. The third-order valence-corrected chi connectivity index (χ3v) is 2.17. The van der Waals surface area contributed by atoms with Crippen molar-refractivity contribution in [2.75, 3.05) is 5.73 Å². The molecule has 5 heteroatoms. The maximum Gasteiger partial charge on any atom is 0.145 e. The second-order valence-electron chi connectivity index (χ2n) is 3.33. The molecule has 0 radical (unpaired) electrons. The molecule has 15 heavy (non-hydrogen) atoms. The van der Waals surface area contributed by atoms with E-state index in [1.54, 1.807) is 6.92 Å². The molecule has 1 aromatic heterocycles. The minimum atomic E-state index is -0.422. The van der Waals surface area contributed by atoms with Crippen LogP contribution >= 0.6 is 0 Å². The quantitative estimate of drug-likeness (QED) is 0.667. The van der Waals surface area contributed by atoms with Crippen molar-refractivity contribution < 1.29 is 9.50 Å². The summed E-state index contributed by atoms with van der Waals surface area (Å²) < 4.78 is 13.5. The summed E-state index contributed by atoms with van der Waals surface area (Å²) in [6.45, 7) is 1.63. The van der Waals surface area contributed by atoms with Crippen LogP contribution in [-0.2, 0) is 0 Å². The Morgan fingerprint density at radius 1 is 1.40 bits per heavy atom. The van der Waals surface area contributed by atoms with Crippen molar-refractivity contribution in [2.45, 2.75) is 6.92 Å². The topological polar surface area (TPSA) is 74.9 Å². The highest BCUT2D eigenvalue weighted by Crippen LogP contribution is 2.28. The molecule has 0 saturated heterocycles. The molecule has 0 fully saturated rings. The number of H-pyrrole nitrogens is 1. The number of nitrogens with two attached hydrogens (primary N) is 1. The number of rotatable bonds is 1. The van der Waals surface area contributed by atoms with E-state index in [1.807, 2.05) is 0 Å². The average molecular weight is 207 g/mol. The third kappa shape index (κ3) is 1.63. The lowest BCUT2D eigenvalue weighted by Gasteiger charge is -2.03. The first-order valence-electron chi connectivity index (χ1n) is 4.38. The van der Waals surface area contributed by atoms with Crippen LogP contribution in [0.4, 0.5) is 10.2 Å². The predicted molar refractivity (Wildman–Crippen MR) is 54.8 cm³/mol. The smallest absolute Gasteiger partial charge is 0.145 e. The molecule has 1 heterocycles. The normalized spacial score (nSPS) is 10.5. The molecule has 1 aromatic carbocycles. The number of anilines is 1. The van der Waals surface area contributed by atoms with E-state index >= 15 is 0 Å². The number of nitrogens with zero attached hydrogens (tertiary/aromatic N) is 1. The van der Waals surface area contributed by atoms with Crippen LogP contribution in [-0.4, -0.2) is 15.3 Å². The Labute approximate surface area is 85.6 Å². The number of hydrogen-bond donors (Lipinski definition) is 3. The summed E-state index contributed by atoms with van der Waals surface area (Å²) in [6, 6.07) is 4.12. The SMILES string of the molecule is Cc1cc(F)c(-c2cc(N)n[nH]2)cc1O. The maximum absolute atomic E-state index is 13.5. The molecular formula is C10H10FN3O. The summed E-state index contributed by atoms with van der Waals surface area (Å²) in [6.07, 6.45) is 0. The van der Waals surface area contributed by atoms with Crippen molar-refractivity contribution in [1.82, 2.24) is 10.2 Å². The van der Waals surface area contributed by atoms with Gasteiger partial charge in [0.15, 0.2) is 0 Å². The van der Waals surface area contributed by atoms with Gasteiger partial charge in [0.25, 0.3) is 0 Å². The van der Waals surface area contributed by atoms with Gasteiger partial charge in [0.05, 0.1) is 5.69 Å². The van der Waals surface area contributed by atoms with Gasteiger partial charge in [-0.2, -0.15) is 5.10 Å². The molecule has 0 aliphatic rings. The van der Waals surface area contributed by atoms with Gasteiger partial charge in [-0.25, -0.2) is 4.39 Å². The van der Waals surface area contributed by atoms with Gasteiger partial charge >= 0.3 is 0 Å². The minimum absolute atomic E-state index is 0.0413. The summed E-state index contributed by atoms with van der Waals surface area (Å²) in [5, 5.41) is 15.7. The molecule has 0 amide bonds. The average Bonchev–Trinajstić information content (AvgIpc) is 2.58. The standard InChI is InChI=1S/C10H10FN3O/c1-5-2-7(11)6(3-9(5)15)8-4-10(12)14-13-8/h2-4,15H,1H3,(H3,12,13,14). The van der Waals surface area contributed by atoms with Crippen molar-refractivity contribution in [3.05, 3.63) is 29.6 Å². The van der Waals surface area contributed by atoms with Gasteiger partial charge in [-0.3, -0.25) is 5.10 Å². The highest BCUT2D eigenvalue weighted by molar-refractivity contribution is 5.65. The predicted octanol–water partition coefficient (Wildman–Crippen LogP) is 1.81. The highest BCUT2D eigenvalue weighted by atomic mass is 19.1. The van der Waals surface area contributed by atoms with E-state index in [1.165, 1.54) is 18.2 Å². The summed E-state index contributed by atoms with van der Waals surface area (Å²) in [5.41, 5.74) is 6.59. The summed E-state index contributed by atoms with van der Waals surface area (Å²) in [7, 11) is 0. The first-order chi connectivity index (χ1) is 7.08. The van der Waals surface area contributed by atoms with Gasteiger partial charge < -0.3 is 10.8 Å². The molecule has 0 unspecified atom stereocenters. The fraction of sp³-hybridized carbons (Fsp3) is 0.100. The highest BCUT2D eigenvalue weighted by Gasteiger charge is 2.10. The van der Waals surface area contributed by atoms with Crippen LogP contribution in [0.3, 0.4) is 0 Å². The molecule has 0 bridgehead atoms. The van der Waals surface area contributed by atoms with Gasteiger partial charge in [-0.1, -0.05) is 0 Å². The van der Waals surface area contributed by atoms with Crippen LogP contribution < -0.4 is 5.73 Å². The van der Waals surface area contributed by atoms with Crippen molar-refractivity contribution in [2.24, 2.45) is 0 Å². The number of phenols is 1. The number of phenolic OH excluding ortho intramolecular Hbond substituents is 1. The van der Waals surface area contributed by atoms with E-state index in [0.717, 1.165) is 0 Å². The number of nitrogens with one attached hydrogen (secondary N) is 1. The fourth-order valence-corrected chi connectivity index (χ4v) is 1.34. The van der Waals surface area contributed by atoms with Gasteiger partial charge in [0.1, 0.15) is 17.4 Å². The summed E-state index contributed by atoms with van der Waals surface area (Å²) >= 11 is 0. The first-order valence-corrected chi connectivity index (χ1v) is 4.38. The number of aromatic hydroxyl groups is 1. The molecule has 2 rings (SSSR count). The molecule has 0 aliphatic carbocycles. The van der Waals surface area contributed by atoms with Crippen LogP contribution in [0.25, 0.3) is 11.3 Å². The number of aromatic nitrogens is 2. The van der Waals surface area contributed by atoms with Gasteiger partial charge in [-0.05, 0) is 24.6 Å². The van der Waals surface area contributed by atoms with Crippen LogP contribution in [0, 0.1) is 12.7 Å². The third-order valence-electron chi connectivity index (χ3n) is 2.17. The lowest BCUT2D eigenvalue weighted by atomic mass is 10.1. The zero-order valence-corrected chi connectivity index (χ0v) is 8.08. The number of halogens is 1.